The number of rotatable bonds is 8. The van der Waals surface area contributed by atoms with E-state index >= 15 is 4.39 Å². The van der Waals surface area contributed by atoms with Crippen molar-refractivity contribution in [2.45, 2.75) is 83.0 Å². The summed E-state index contributed by atoms with van der Waals surface area (Å²) in [5.41, 5.74) is 1.38. The normalized spacial score (nSPS) is 29.1. The quantitative estimate of drug-likeness (QED) is 0.173. The van der Waals surface area contributed by atoms with Gasteiger partial charge < -0.3 is 14.2 Å². The van der Waals surface area contributed by atoms with Gasteiger partial charge in [0.15, 0.2) is 23.7 Å². The van der Waals surface area contributed by atoms with Crippen LogP contribution in [0.3, 0.4) is 0 Å². The van der Waals surface area contributed by atoms with E-state index in [1.54, 1.807) is 0 Å². The SMILES string of the molecule is CC/C=C/C1COC(c2ccc(C3CCC(C4CCC(C(F)(F)Oc5cc(F)c(F)c(F)c5)CC4)CC3)c(F)c2)OC1. The molecule has 2 aromatic rings. The average Bonchev–Trinajstić information content (AvgIpc) is 2.99. The molecule has 0 N–H and O–H groups in total. The highest BCUT2D eigenvalue weighted by Gasteiger charge is 2.45. The molecule has 9 heteroatoms. The zero-order valence-corrected chi connectivity index (χ0v) is 23.8. The summed E-state index contributed by atoms with van der Waals surface area (Å²) in [6, 6.07) is 6.12. The molecule has 0 atom stereocenters. The Bertz CT molecular complexity index is 1200. The molecule has 1 saturated heterocycles. The number of allylic oxidation sites excluding steroid dienone is 1. The molecule has 3 aliphatic rings. The Kier molecular flexibility index (Phi) is 9.88. The van der Waals surface area contributed by atoms with Gasteiger partial charge in [0.2, 0.25) is 0 Å². The van der Waals surface area contributed by atoms with Crippen LogP contribution in [0.15, 0.2) is 42.5 Å². The summed E-state index contributed by atoms with van der Waals surface area (Å²) in [5.74, 6) is -5.95. The van der Waals surface area contributed by atoms with E-state index < -0.39 is 41.5 Å². The zero-order valence-electron chi connectivity index (χ0n) is 23.8. The number of ether oxygens (including phenoxy) is 3. The number of halogens is 6. The maximum absolute atomic E-state index is 15.2. The van der Waals surface area contributed by atoms with Gasteiger partial charge in [-0.3, -0.25) is 0 Å². The molecule has 3 fully saturated rings. The van der Waals surface area contributed by atoms with Crippen LogP contribution in [-0.4, -0.2) is 19.3 Å². The molecular weight excluding hydrogens is 558 g/mol. The Morgan fingerprint density at radius 3 is 1.98 bits per heavy atom. The van der Waals surface area contributed by atoms with Crippen molar-refractivity contribution in [3.05, 3.63) is 76.9 Å². The van der Waals surface area contributed by atoms with Gasteiger partial charge in [0.25, 0.3) is 0 Å². The van der Waals surface area contributed by atoms with Gasteiger partial charge in [0.05, 0.1) is 19.1 Å². The van der Waals surface area contributed by atoms with Gasteiger partial charge in [-0.05, 0) is 87.2 Å². The van der Waals surface area contributed by atoms with Crippen molar-refractivity contribution in [3.63, 3.8) is 0 Å². The lowest BCUT2D eigenvalue weighted by molar-refractivity contribution is -0.224. The standard InChI is InChI=1S/C33H38F6O3/c1-2-3-4-20-18-40-32(41-19-20)24-11-14-27(28(34)15-24)23-7-5-21(6-8-23)22-9-12-25(13-10-22)33(38,39)42-26-16-29(35)31(37)30(36)17-26/h3-4,11,14-17,20-23,25,32H,2,5-10,12-13,18-19H2,1H3/b4-3+. The second-order valence-corrected chi connectivity index (χ2v) is 12.0. The molecule has 1 heterocycles. The van der Waals surface area contributed by atoms with Crippen LogP contribution < -0.4 is 4.74 Å². The van der Waals surface area contributed by atoms with E-state index in [9.17, 15) is 22.0 Å². The molecule has 230 valence electrons. The lowest BCUT2D eigenvalue weighted by Crippen LogP contribution is -2.38. The van der Waals surface area contributed by atoms with Gasteiger partial charge in [0.1, 0.15) is 11.6 Å². The number of benzene rings is 2. The van der Waals surface area contributed by atoms with E-state index in [2.05, 4.69) is 23.8 Å². The van der Waals surface area contributed by atoms with Crippen LogP contribution in [0.4, 0.5) is 26.3 Å². The maximum atomic E-state index is 15.2. The monoisotopic (exact) mass is 596 g/mol. The molecule has 0 amide bonds. The highest BCUT2D eigenvalue weighted by Crippen LogP contribution is 2.47. The molecule has 0 bridgehead atoms. The average molecular weight is 597 g/mol. The molecule has 42 heavy (non-hydrogen) atoms. The van der Waals surface area contributed by atoms with Crippen molar-refractivity contribution in [3.8, 4) is 5.75 Å². The van der Waals surface area contributed by atoms with Crippen LogP contribution in [0.5, 0.6) is 5.75 Å². The van der Waals surface area contributed by atoms with Gasteiger partial charge in [-0.15, -0.1) is 0 Å². The van der Waals surface area contributed by atoms with Crippen LogP contribution in [0, 0.1) is 46.9 Å². The fraction of sp³-hybridized carbons (Fsp3) is 0.576. The Balaban J connectivity index is 1.09. The summed E-state index contributed by atoms with van der Waals surface area (Å²) in [6.45, 7) is 3.15. The molecule has 0 spiro atoms. The fourth-order valence-corrected chi connectivity index (χ4v) is 6.83. The van der Waals surface area contributed by atoms with Crippen molar-refractivity contribution in [2.24, 2.45) is 23.7 Å². The Morgan fingerprint density at radius 2 is 1.40 bits per heavy atom. The summed E-state index contributed by atoms with van der Waals surface area (Å²) in [6.07, 6.45) is 6.09. The van der Waals surface area contributed by atoms with Crippen LogP contribution in [-0.2, 0) is 9.47 Å². The van der Waals surface area contributed by atoms with Crippen LogP contribution in [0.25, 0.3) is 0 Å². The van der Waals surface area contributed by atoms with Gasteiger partial charge >= 0.3 is 6.11 Å². The van der Waals surface area contributed by atoms with Crippen molar-refractivity contribution in [1.29, 1.82) is 0 Å². The second kappa shape index (κ2) is 13.4. The van der Waals surface area contributed by atoms with Crippen LogP contribution in [0.2, 0.25) is 0 Å². The Labute approximate surface area is 243 Å². The molecular formula is C33H38F6O3. The summed E-state index contributed by atoms with van der Waals surface area (Å²) in [5, 5.41) is 0. The summed E-state index contributed by atoms with van der Waals surface area (Å²) < 4.78 is 101. The topological polar surface area (TPSA) is 27.7 Å². The maximum Gasteiger partial charge on any atom is 0.400 e. The first-order valence-electron chi connectivity index (χ1n) is 15.0. The summed E-state index contributed by atoms with van der Waals surface area (Å²) in [4.78, 5) is 0. The van der Waals surface area contributed by atoms with Crippen LogP contribution in [0.1, 0.15) is 88.0 Å². The first-order valence-corrected chi connectivity index (χ1v) is 15.0. The minimum absolute atomic E-state index is 0.109. The third kappa shape index (κ3) is 7.16. The lowest BCUT2D eigenvalue weighted by Gasteiger charge is -2.39. The molecule has 5 rings (SSSR count). The van der Waals surface area contributed by atoms with Gasteiger partial charge in [-0.25, -0.2) is 17.6 Å². The minimum atomic E-state index is -3.62. The van der Waals surface area contributed by atoms with Gasteiger partial charge in [-0.1, -0.05) is 31.2 Å². The third-order valence-electron chi connectivity index (χ3n) is 9.20. The second-order valence-electron chi connectivity index (χ2n) is 12.0. The van der Waals surface area contributed by atoms with E-state index in [0.717, 1.165) is 32.1 Å². The molecule has 0 aromatic heterocycles. The molecule has 3 nitrogen and oxygen atoms in total. The Morgan fingerprint density at radius 1 is 0.810 bits per heavy atom. The minimum Gasteiger partial charge on any atom is -0.432 e. The van der Waals surface area contributed by atoms with E-state index in [-0.39, 0.29) is 30.5 Å². The van der Waals surface area contributed by atoms with Crippen molar-refractivity contribution in [1.82, 2.24) is 0 Å². The van der Waals surface area contributed by atoms with Gasteiger partial charge in [0, 0.05) is 23.6 Å². The highest BCUT2D eigenvalue weighted by molar-refractivity contribution is 5.29. The number of hydrogen-bond donors (Lipinski definition) is 0. The van der Waals surface area contributed by atoms with E-state index in [1.807, 2.05) is 12.1 Å². The highest BCUT2D eigenvalue weighted by atomic mass is 19.3. The fourth-order valence-electron chi connectivity index (χ4n) is 6.83. The van der Waals surface area contributed by atoms with Crippen molar-refractivity contribution >= 4 is 0 Å². The van der Waals surface area contributed by atoms with E-state index in [4.69, 9.17) is 9.47 Å². The van der Waals surface area contributed by atoms with Crippen molar-refractivity contribution in [2.75, 3.05) is 13.2 Å². The molecule has 0 radical (unpaired) electrons. The predicted molar refractivity (Wildman–Crippen MR) is 146 cm³/mol. The molecule has 2 saturated carbocycles. The molecule has 2 aliphatic carbocycles. The lowest BCUT2D eigenvalue weighted by atomic mass is 9.68. The first kappa shape index (κ1) is 30.9. The first-order chi connectivity index (χ1) is 20.1. The Hall–Kier alpha value is -2.52. The number of hydrogen-bond acceptors (Lipinski definition) is 3. The largest absolute Gasteiger partial charge is 0.432 e. The summed E-state index contributed by atoms with van der Waals surface area (Å²) in [7, 11) is 0. The predicted octanol–water partition coefficient (Wildman–Crippen LogP) is 9.62. The molecule has 2 aromatic carbocycles. The van der Waals surface area contributed by atoms with Crippen molar-refractivity contribution < 1.29 is 40.6 Å². The molecule has 1 aliphatic heterocycles. The van der Waals surface area contributed by atoms with E-state index in [0.29, 0.717) is 61.2 Å². The summed E-state index contributed by atoms with van der Waals surface area (Å²) >= 11 is 0. The van der Waals surface area contributed by atoms with E-state index in [1.165, 1.54) is 6.07 Å². The van der Waals surface area contributed by atoms with Gasteiger partial charge in [-0.2, -0.15) is 8.78 Å². The van der Waals surface area contributed by atoms with Crippen LogP contribution >= 0.6 is 0 Å². The number of alkyl halides is 2. The molecule has 0 unspecified atom stereocenters. The third-order valence-corrected chi connectivity index (χ3v) is 9.20. The zero-order chi connectivity index (χ0) is 29.9. The smallest absolute Gasteiger partial charge is 0.400 e.